The normalized spacial score (nSPS) is 10.6. The summed E-state index contributed by atoms with van der Waals surface area (Å²) in [6, 6.07) is 20.3. The summed E-state index contributed by atoms with van der Waals surface area (Å²) in [5.74, 6) is -1.22. The Balaban J connectivity index is 1.83. The average molecular weight is 568 g/mol. The Morgan fingerprint density at radius 3 is 1.94 bits per heavy atom. The van der Waals surface area contributed by atoms with Crippen LogP contribution in [0.3, 0.4) is 0 Å². The monoisotopic (exact) mass is 566 g/mol. The summed E-state index contributed by atoms with van der Waals surface area (Å²) in [6.45, 7) is 0. The summed E-state index contributed by atoms with van der Waals surface area (Å²) in [6.07, 6.45) is 1.51. The van der Waals surface area contributed by atoms with Crippen LogP contribution in [0.15, 0.2) is 87.9 Å². The van der Waals surface area contributed by atoms with Gasteiger partial charge in [0.25, 0.3) is 0 Å². The minimum atomic E-state index is -0.499. The molecule has 0 unspecified atom stereocenters. The van der Waals surface area contributed by atoms with Gasteiger partial charge in [-0.05, 0) is 66.7 Å². The first-order chi connectivity index (χ1) is 15.9. The third kappa shape index (κ3) is 4.86. The molecule has 0 fully saturated rings. The predicted molar refractivity (Wildman–Crippen MR) is 130 cm³/mol. The maximum Gasteiger partial charge on any atom is 0.337 e. The summed E-state index contributed by atoms with van der Waals surface area (Å²) in [5.41, 5.74) is 1.84. The first-order valence-corrected chi connectivity index (χ1v) is 11.3. The van der Waals surface area contributed by atoms with Crippen molar-refractivity contribution in [1.29, 1.82) is 0 Å². The second-order valence-corrected chi connectivity index (χ2v) is 8.88. The van der Waals surface area contributed by atoms with E-state index in [1.165, 1.54) is 18.0 Å². The van der Waals surface area contributed by atoms with Crippen LogP contribution >= 0.6 is 31.9 Å². The van der Waals surface area contributed by atoms with Gasteiger partial charge in [0.1, 0.15) is 5.69 Å². The number of carbonyl (C=O) groups is 3. The average Bonchev–Trinajstić information content (AvgIpc) is 3.29. The first kappa shape index (κ1) is 22.8. The van der Waals surface area contributed by atoms with Crippen molar-refractivity contribution in [3.63, 3.8) is 0 Å². The second kappa shape index (κ2) is 9.64. The molecule has 0 radical (unpaired) electrons. The first-order valence-electron chi connectivity index (χ1n) is 9.76. The van der Waals surface area contributed by atoms with Crippen LogP contribution in [0.25, 0.3) is 5.69 Å². The molecule has 0 amide bonds. The van der Waals surface area contributed by atoms with Crippen LogP contribution in [0.2, 0.25) is 0 Å². The molecule has 1 aromatic heterocycles. The number of halogens is 2. The number of benzene rings is 3. The van der Waals surface area contributed by atoms with Crippen LogP contribution in [0.4, 0.5) is 0 Å². The summed E-state index contributed by atoms with van der Waals surface area (Å²) in [5, 5.41) is 4.44. The van der Waals surface area contributed by atoms with Crippen molar-refractivity contribution in [1.82, 2.24) is 9.78 Å². The minimum absolute atomic E-state index is 0.0220. The van der Waals surface area contributed by atoms with E-state index in [0.29, 0.717) is 22.4 Å². The zero-order chi connectivity index (χ0) is 23.5. The zero-order valence-corrected chi connectivity index (χ0v) is 20.5. The summed E-state index contributed by atoms with van der Waals surface area (Å²) in [7, 11) is 1.30. The lowest BCUT2D eigenvalue weighted by atomic mass is 9.99. The van der Waals surface area contributed by atoms with Crippen molar-refractivity contribution in [2.24, 2.45) is 0 Å². The Morgan fingerprint density at radius 1 is 0.788 bits per heavy atom. The maximum absolute atomic E-state index is 13.3. The number of esters is 1. The molecule has 0 bridgehead atoms. The van der Waals surface area contributed by atoms with Crippen molar-refractivity contribution in [2.45, 2.75) is 0 Å². The third-order valence-corrected chi connectivity index (χ3v) is 5.98. The zero-order valence-electron chi connectivity index (χ0n) is 17.3. The number of hydrogen-bond donors (Lipinski definition) is 0. The molecule has 4 rings (SSSR count). The van der Waals surface area contributed by atoms with Gasteiger partial charge in [-0.1, -0.05) is 37.9 Å². The number of ether oxygens (including phenoxy) is 1. The Morgan fingerprint density at radius 2 is 1.36 bits per heavy atom. The smallest absolute Gasteiger partial charge is 0.337 e. The number of nitrogens with zero attached hydrogens (tertiary/aromatic N) is 2. The standard InChI is InChI=1S/C25H16Br2N2O4/c1-33-25(32)17-3-2-4-20(13-17)29-14-21(23(30)15-5-9-18(26)10-6-15)22(28-29)24(31)16-7-11-19(27)12-8-16/h2-14H,1H3. The lowest BCUT2D eigenvalue weighted by molar-refractivity contribution is 0.0600. The van der Waals surface area contributed by atoms with Gasteiger partial charge in [0.2, 0.25) is 5.78 Å². The molecule has 0 N–H and O–H groups in total. The minimum Gasteiger partial charge on any atom is -0.465 e. The highest BCUT2D eigenvalue weighted by atomic mass is 79.9. The van der Waals surface area contributed by atoms with Crippen LogP contribution < -0.4 is 0 Å². The molecule has 0 saturated heterocycles. The fourth-order valence-electron chi connectivity index (χ4n) is 3.23. The summed E-state index contributed by atoms with van der Waals surface area (Å²) >= 11 is 6.72. The molecular formula is C25H16Br2N2O4. The fourth-order valence-corrected chi connectivity index (χ4v) is 3.76. The Bertz CT molecular complexity index is 1290. The van der Waals surface area contributed by atoms with Gasteiger partial charge in [-0.25, -0.2) is 9.48 Å². The molecule has 0 saturated carbocycles. The number of rotatable bonds is 6. The number of carbonyl (C=O) groups excluding carboxylic acids is 3. The van der Waals surface area contributed by atoms with E-state index < -0.39 is 5.97 Å². The van der Waals surface area contributed by atoms with Gasteiger partial charge >= 0.3 is 5.97 Å². The van der Waals surface area contributed by atoms with E-state index in [1.807, 2.05) is 0 Å². The molecule has 0 aliphatic heterocycles. The summed E-state index contributed by atoms with van der Waals surface area (Å²) < 4.78 is 7.87. The van der Waals surface area contributed by atoms with E-state index in [0.717, 1.165) is 8.95 Å². The van der Waals surface area contributed by atoms with Crippen molar-refractivity contribution in [3.8, 4) is 5.69 Å². The van der Waals surface area contributed by atoms with Crippen LogP contribution in [-0.2, 0) is 4.74 Å². The van der Waals surface area contributed by atoms with Crippen LogP contribution in [-0.4, -0.2) is 34.4 Å². The highest BCUT2D eigenvalue weighted by molar-refractivity contribution is 9.10. The van der Waals surface area contributed by atoms with Gasteiger partial charge in [0.05, 0.1) is 23.9 Å². The molecule has 0 aliphatic carbocycles. The molecule has 0 spiro atoms. The van der Waals surface area contributed by atoms with Crippen LogP contribution in [0, 0.1) is 0 Å². The Hall–Kier alpha value is -3.36. The van der Waals surface area contributed by atoms with Crippen molar-refractivity contribution in [2.75, 3.05) is 7.11 Å². The van der Waals surface area contributed by atoms with E-state index in [2.05, 4.69) is 37.0 Å². The van der Waals surface area contributed by atoms with Gasteiger partial charge in [0, 0.05) is 26.3 Å². The molecule has 4 aromatic rings. The molecule has 33 heavy (non-hydrogen) atoms. The predicted octanol–water partition coefficient (Wildman–Crippen LogP) is 5.65. The van der Waals surface area contributed by atoms with E-state index in [1.54, 1.807) is 72.8 Å². The highest BCUT2D eigenvalue weighted by Gasteiger charge is 2.25. The van der Waals surface area contributed by atoms with Gasteiger partial charge in [-0.2, -0.15) is 5.10 Å². The SMILES string of the molecule is COC(=O)c1cccc(-n2cc(C(=O)c3ccc(Br)cc3)c(C(=O)c3ccc(Br)cc3)n2)c1. The molecule has 0 aliphatic rings. The number of ketones is 2. The van der Waals surface area contributed by atoms with Gasteiger partial charge in [-0.3, -0.25) is 9.59 Å². The van der Waals surface area contributed by atoms with E-state index in [-0.39, 0.29) is 22.8 Å². The molecule has 0 atom stereocenters. The van der Waals surface area contributed by atoms with Gasteiger partial charge in [-0.15, -0.1) is 0 Å². The molecule has 1 heterocycles. The quantitative estimate of drug-likeness (QED) is 0.222. The van der Waals surface area contributed by atoms with Gasteiger partial charge < -0.3 is 4.74 Å². The molecule has 6 nitrogen and oxygen atoms in total. The topological polar surface area (TPSA) is 78.3 Å². The fraction of sp³-hybridized carbons (Fsp3) is 0.0400. The third-order valence-electron chi connectivity index (χ3n) is 4.92. The van der Waals surface area contributed by atoms with E-state index >= 15 is 0 Å². The van der Waals surface area contributed by atoms with Crippen molar-refractivity contribution in [3.05, 3.63) is 116 Å². The Kier molecular flexibility index (Phi) is 6.67. The maximum atomic E-state index is 13.3. The highest BCUT2D eigenvalue weighted by Crippen LogP contribution is 2.22. The molecule has 3 aromatic carbocycles. The van der Waals surface area contributed by atoms with Crippen LogP contribution in [0.5, 0.6) is 0 Å². The lowest BCUT2D eigenvalue weighted by Gasteiger charge is -2.04. The second-order valence-electron chi connectivity index (χ2n) is 7.05. The van der Waals surface area contributed by atoms with E-state index in [9.17, 15) is 14.4 Å². The van der Waals surface area contributed by atoms with Gasteiger partial charge in [0.15, 0.2) is 5.78 Å². The number of methoxy groups -OCH3 is 1. The number of aromatic nitrogens is 2. The van der Waals surface area contributed by atoms with Crippen molar-refractivity contribution < 1.29 is 19.1 Å². The molecular weight excluding hydrogens is 552 g/mol. The Labute approximate surface area is 206 Å². The molecule has 164 valence electrons. The van der Waals surface area contributed by atoms with Crippen LogP contribution in [0.1, 0.15) is 42.3 Å². The molecule has 8 heteroatoms. The lowest BCUT2D eigenvalue weighted by Crippen LogP contribution is -2.10. The van der Waals surface area contributed by atoms with E-state index in [4.69, 9.17) is 4.74 Å². The largest absolute Gasteiger partial charge is 0.465 e. The van der Waals surface area contributed by atoms with Crippen molar-refractivity contribution >= 4 is 49.4 Å². The number of hydrogen-bond acceptors (Lipinski definition) is 5. The summed E-state index contributed by atoms with van der Waals surface area (Å²) in [4.78, 5) is 38.6.